The van der Waals surface area contributed by atoms with Gasteiger partial charge in [0.15, 0.2) is 0 Å². The summed E-state index contributed by atoms with van der Waals surface area (Å²) in [5, 5.41) is 9.27. The van der Waals surface area contributed by atoms with Gasteiger partial charge in [-0.1, -0.05) is 0 Å². The summed E-state index contributed by atoms with van der Waals surface area (Å²) in [4.78, 5) is 22.7. The van der Waals surface area contributed by atoms with Gasteiger partial charge < -0.3 is 19.0 Å². The summed E-state index contributed by atoms with van der Waals surface area (Å²) in [6.07, 6.45) is 0.613. The quantitative estimate of drug-likeness (QED) is 0.347. The fourth-order valence-electron chi connectivity index (χ4n) is 1.83. The summed E-state index contributed by atoms with van der Waals surface area (Å²) in [6, 6.07) is 0.536. The van der Waals surface area contributed by atoms with E-state index in [9.17, 15) is 9.59 Å². The van der Waals surface area contributed by atoms with E-state index in [1.165, 1.54) is 14.2 Å². The van der Waals surface area contributed by atoms with Gasteiger partial charge in [0.25, 0.3) is 11.8 Å². The second-order valence-corrected chi connectivity index (χ2v) is 7.21. The molecule has 1 aliphatic rings. The summed E-state index contributed by atoms with van der Waals surface area (Å²) in [6.45, 7) is 0.468. The van der Waals surface area contributed by atoms with E-state index >= 15 is 0 Å². The van der Waals surface area contributed by atoms with E-state index in [4.69, 9.17) is 24.2 Å². The van der Waals surface area contributed by atoms with Gasteiger partial charge in [-0.25, -0.2) is 0 Å². The highest BCUT2D eigenvalue weighted by atomic mass is 28.4. The van der Waals surface area contributed by atoms with Crippen molar-refractivity contribution in [3.05, 3.63) is 0 Å². The van der Waals surface area contributed by atoms with Gasteiger partial charge in [-0.05, 0) is 13.0 Å². The molecule has 0 aromatic rings. The Hall–Kier alpha value is -0.843. The van der Waals surface area contributed by atoms with Gasteiger partial charge in [0.2, 0.25) is 0 Å². The minimum atomic E-state index is -2.85. The van der Waals surface area contributed by atoms with Crippen molar-refractivity contribution in [3.63, 3.8) is 0 Å². The van der Waals surface area contributed by atoms with Crippen molar-refractivity contribution in [3.8, 4) is 0 Å². The molecular formula is C10H20N2O6Si. The van der Waals surface area contributed by atoms with Crippen LogP contribution in [0.4, 0.5) is 0 Å². The minimum absolute atomic E-state index is 0.0138. The lowest BCUT2D eigenvalue weighted by atomic mass is 10.1. The summed E-state index contributed by atoms with van der Waals surface area (Å²) >= 11 is 0. The molecule has 1 heterocycles. The van der Waals surface area contributed by atoms with Crippen LogP contribution in [0.3, 0.4) is 0 Å². The van der Waals surface area contributed by atoms with Gasteiger partial charge >= 0.3 is 8.80 Å². The molecule has 0 saturated carbocycles. The first kappa shape index (κ1) is 16.2. The van der Waals surface area contributed by atoms with E-state index in [0.717, 1.165) is 0 Å². The van der Waals surface area contributed by atoms with Gasteiger partial charge in [0.05, 0.1) is 12.5 Å². The zero-order chi connectivity index (χ0) is 14.5. The average Bonchev–Trinajstić information content (AvgIpc) is 2.67. The molecule has 1 saturated heterocycles. The van der Waals surface area contributed by atoms with Gasteiger partial charge in [-0.15, -0.1) is 0 Å². The van der Waals surface area contributed by atoms with E-state index in [0.29, 0.717) is 19.0 Å². The first-order valence-electron chi connectivity index (χ1n) is 5.99. The molecule has 3 N–H and O–H groups in total. The molecule has 1 rings (SSSR count). The molecule has 1 aliphatic heterocycles. The Morgan fingerprint density at radius 1 is 1.42 bits per heavy atom. The standard InChI is InChI=1S/C10H20N2O6Si/c1-16-19(17-2,5-3-4-11)18-7-8-6-9(13)12(15)10(8)14/h8,15H,3-7,11H2,1-2H3. The second-order valence-electron chi connectivity index (χ2n) is 4.24. The molecule has 1 unspecified atom stereocenters. The fourth-order valence-corrected chi connectivity index (χ4v) is 3.88. The fraction of sp³-hybridized carbons (Fsp3) is 0.800. The van der Waals surface area contributed by atoms with Gasteiger partial charge in [0, 0.05) is 26.7 Å². The summed E-state index contributed by atoms with van der Waals surface area (Å²) in [5.74, 6) is -1.96. The maximum absolute atomic E-state index is 11.5. The van der Waals surface area contributed by atoms with Crippen molar-refractivity contribution >= 4 is 20.6 Å². The molecule has 110 valence electrons. The lowest BCUT2D eigenvalue weighted by molar-refractivity contribution is -0.172. The molecule has 0 radical (unpaired) electrons. The van der Waals surface area contributed by atoms with E-state index in [1.54, 1.807) is 0 Å². The predicted molar refractivity (Wildman–Crippen MR) is 65.9 cm³/mol. The molecule has 0 aromatic heterocycles. The van der Waals surface area contributed by atoms with E-state index in [2.05, 4.69) is 0 Å². The van der Waals surface area contributed by atoms with Crippen LogP contribution in [0, 0.1) is 5.92 Å². The third-order valence-electron chi connectivity index (χ3n) is 3.03. The number of hydroxylamine groups is 2. The number of rotatable bonds is 8. The van der Waals surface area contributed by atoms with Crippen molar-refractivity contribution < 1.29 is 28.1 Å². The van der Waals surface area contributed by atoms with Crippen LogP contribution in [0.15, 0.2) is 0 Å². The summed E-state index contributed by atoms with van der Waals surface area (Å²) < 4.78 is 16.2. The monoisotopic (exact) mass is 292 g/mol. The third-order valence-corrected chi connectivity index (χ3v) is 5.85. The number of hydrogen-bond acceptors (Lipinski definition) is 7. The Balaban J connectivity index is 2.57. The number of carbonyl (C=O) groups excluding carboxylic acids is 2. The Labute approximate surface area is 112 Å². The summed E-state index contributed by atoms with van der Waals surface area (Å²) in [7, 11) is 0.108. The van der Waals surface area contributed by atoms with E-state index < -0.39 is 26.5 Å². The molecule has 0 aromatic carbocycles. The van der Waals surface area contributed by atoms with Crippen molar-refractivity contribution in [2.75, 3.05) is 27.4 Å². The molecule has 19 heavy (non-hydrogen) atoms. The molecule has 9 heteroatoms. The molecule has 2 amide bonds. The highest BCUT2D eigenvalue weighted by molar-refractivity contribution is 6.60. The van der Waals surface area contributed by atoms with E-state index in [1.807, 2.05) is 0 Å². The van der Waals surface area contributed by atoms with Crippen LogP contribution in [0.25, 0.3) is 0 Å². The Bertz CT molecular complexity index is 336. The van der Waals surface area contributed by atoms with Crippen molar-refractivity contribution in [2.24, 2.45) is 11.7 Å². The highest BCUT2D eigenvalue weighted by Gasteiger charge is 2.43. The first-order valence-corrected chi connectivity index (χ1v) is 7.93. The number of imide groups is 1. The molecule has 8 nitrogen and oxygen atoms in total. The maximum Gasteiger partial charge on any atom is 0.500 e. The summed E-state index contributed by atoms with van der Waals surface area (Å²) in [5.41, 5.74) is 5.44. The van der Waals surface area contributed by atoms with Crippen LogP contribution in [0.5, 0.6) is 0 Å². The number of nitrogens with two attached hydrogens (primary N) is 1. The van der Waals surface area contributed by atoms with Crippen molar-refractivity contribution in [2.45, 2.75) is 18.9 Å². The van der Waals surface area contributed by atoms with E-state index in [-0.39, 0.29) is 18.1 Å². The van der Waals surface area contributed by atoms with Crippen LogP contribution < -0.4 is 5.73 Å². The Kier molecular flexibility index (Phi) is 6.04. The van der Waals surface area contributed by atoms with Crippen LogP contribution >= 0.6 is 0 Å². The normalized spacial score (nSPS) is 20.4. The zero-order valence-corrected chi connectivity index (χ0v) is 12.1. The molecule has 0 spiro atoms. The van der Waals surface area contributed by atoms with Crippen LogP contribution in [-0.4, -0.2) is 58.3 Å². The van der Waals surface area contributed by atoms with Crippen LogP contribution in [0.1, 0.15) is 12.8 Å². The smallest absolute Gasteiger partial charge is 0.377 e. The second kappa shape index (κ2) is 7.08. The lowest BCUT2D eigenvalue weighted by Gasteiger charge is -2.27. The zero-order valence-electron chi connectivity index (χ0n) is 11.1. The van der Waals surface area contributed by atoms with Crippen LogP contribution in [-0.2, 0) is 22.9 Å². The number of carbonyl (C=O) groups is 2. The molecule has 0 bridgehead atoms. The van der Waals surface area contributed by atoms with Gasteiger partial charge in [-0.3, -0.25) is 14.8 Å². The Morgan fingerprint density at radius 2 is 2.05 bits per heavy atom. The molecule has 0 aliphatic carbocycles. The highest BCUT2D eigenvalue weighted by Crippen LogP contribution is 2.22. The first-order chi connectivity index (χ1) is 8.99. The largest absolute Gasteiger partial charge is 0.500 e. The van der Waals surface area contributed by atoms with Gasteiger partial charge in [0.1, 0.15) is 0 Å². The minimum Gasteiger partial charge on any atom is -0.377 e. The number of amides is 2. The topological polar surface area (TPSA) is 111 Å². The predicted octanol–water partition coefficient (Wildman–Crippen LogP) is -0.652. The molecule has 1 atom stereocenters. The van der Waals surface area contributed by atoms with Crippen LogP contribution in [0.2, 0.25) is 6.04 Å². The maximum atomic E-state index is 11.5. The molecule has 1 fully saturated rings. The van der Waals surface area contributed by atoms with Crippen molar-refractivity contribution in [1.82, 2.24) is 5.06 Å². The number of nitrogens with zero attached hydrogens (tertiary/aromatic N) is 1. The third kappa shape index (κ3) is 3.81. The van der Waals surface area contributed by atoms with Gasteiger partial charge in [-0.2, -0.15) is 5.06 Å². The Morgan fingerprint density at radius 3 is 2.47 bits per heavy atom. The lowest BCUT2D eigenvalue weighted by Crippen LogP contribution is -2.45. The number of hydrogen-bond donors (Lipinski definition) is 2. The average molecular weight is 292 g/mol. The molecular weight excluding hydrogens is 272 g/mol. The SMILES string of the molecule is CO[Si](CCCN)(OC)OCC1CC(=O)N(O)C1=O. The van der Waals surface area contributed by atoms with Crippen molar-refractivity contribution in [1.29, 1.82) is 0 Å².